The zero-order valence-corrected chi connectivity index (χ0v) is 22.1. The predicted octanol–water partition coefficient (Wildman–Crippen LogP) is 4.46. The Morgan fingerprint density at radius 1 is 1.00 bits per heavy atom. The van der Waals surface area contributed by atoms with Crippen LogP contribution >= 0.6 is 0 Å². The molecule has 1 aliphatic heterocycles. The summed E-state index contributed by atoms with van der Waals surface area (Å²) in [6, 6.07) is 16.0. The second-order valence-electron chi connectivity index (χ2n) is 9.74. The molecule has 3 aromatic rings. The van der Waals surface area contributed by atoms with Gasteiger partial charge < -0.3 is 10.2 Å². The molecule has 0 unspecified atom stereocenters. The largest absolute Gasteiger partial charge is 0.354 e. The average molecular weight is 526 g/mol. The number of sulfonamides is 1. The fraction of sp³-hybridized carbons (Fsp3) is 0.357. The molecule has 0 bridgehead atoms. The third-order valence-electron chi connectivity index (χ3n) is 6.58. The number of anilines is 1. The van der Waals surface area contributed by atoms with Gasteiger partial charge in [0.25, 0.3) is 10.0 Å². The molecule has 2 amide bonds. The van der Waals surface area contributed by atoms with E-state index in [4.69, 9.17) is 0 Å². The Morgan fingerprint density at radius 2 is 1.70 bits per heavy atom. The molecule has 0 saturated heterocycles. The zero-order valence-electron chi connectivity index (χ0n) is 21.3. The van der Waals surface area contributed by atoms with Crippen molar-refractivity contribution >= 4 is 38.3 Å². The molecule has 0 aromatic heterocycles. The minimum Gasteiger partial charge on any atom is -0.354 e. The molecule has 0 radical (unpaired) electrons. The molecular weight excluding hydrogens is 493 g/mol. The molecule has 3 aromatic carbocycles. The third-order valence-corrected chi connectivity index (χ3v) is 8.44. The summed E-state index contributed by atoms with van der Waals surface area (Å²) in [5, 5.41) is 4.37. The molecule has 4 rings (SSSR count). The Bertz CT molecular complexity index is 1420. The van der Waals surface area contributed by atoms with Gasteiger partial charge in [-0.1, -0.05) is 56.3 Å². The van der Waals surface area contributed by atoms with Gasteiger partial charge >= 0.3 is 0 Å². The van der Waals surface area contributed by atoms with Crippen LogP contribution in [0.25, 0.3) is 10.8 Å². The Labute approximate surface area is 217 Å². The highest BCUT2D eigenvalue weighted by Gasteiger charge is 2.35. The molecule has 7 nitrogen and oxygen atoms in total. The lowest BCUT2D eigenvalue weighted by Crippen LogP contribution is -2.48. The van der Waals surface area contributed by atoms with E-state index in [1.165, 1.54) is 15.3 Å². The van der Waals surface area contributed by atoms with Crippen molar-refractivity contribution in [2.45, 2.75) is 51.1 Å². The van der Waals surface area contributed by atoms with Crippen LogP contribution in [0.4, 0.5) is 10.1 Å². The molecule has 1 aliphatic rings. The number of hydrogen-bond donors (Lipinski definition) is 1. The number of nitrogens with one attached hydrogen (secondary N) is 1. The summed E-state index contributed by atoms with van der Waals surface area (Å²) in [6.07, 6.45) is 0.255. The van der Waals surface area contributed by atoms with Gasteiger partial charge in [-0.15, -0.1) is 0 Å². The van der Waals surface area contributed by atoms with Crippen molar-refractivity contribution in [1.82, 2.24) is 10.2 Å². The lowest BCUT2D eigenvalue weighted by atomic mass is 10.1. The van der Waals surface area contributed by atoms with Gasteiger partial charge in [0.05, 0.1) is 10.6 Å². The molecule has 1 N–H and O–H groups in total. The van der Waals surface area contributed by atoms with E-state index >= 15 is 0 Å². The normalized spacial score (nSPS) is 14.7. The summed E-state index contributed by atoms with van der Waals surface area (Å²) in [4.78, 5) is 27.8. The molecule has 0 saturated carbocycles. The van der Waals surface area contributed by atoms with Crippen molar-refractivity contribution in [3.63, 3.8) is 0 Å². The van der Waals surface area contributed by atoms with E-state index < -0.39 is 21.9 Å². The number of halogens is 1. The van der Waals surface area contributed by atoms with E-state index in [0.29, 0.717) is 23.2 Å². The van der Waals surface area contributed by atoms with Crippen LogP contribution in [0.5, 0.6) is 0 Å². The van der Waals surface area contributed by atoms with E-state index in [1.807, 2.05) is 32.0 Å². The number of amides is 2. The molecule has 37 heavy (non-hydrogen) atoms. The monoisotopic (exact) mass is 525 g/mol. The Morgan fingerprint density at radius 3 is 2.41 bits per heavy atom. The average Bonchev–Trinajstić information content (AvgIpc) is 3.09. The highest BCUT2D eigenvalue weighted by Crippen LogP contribution is 2.42. The fourth-order valence-electron chi connectivity index (χ4n) is 4.56. The maximum atomic E-state index is 14.4. The predicted molar refractivity (Wildman–Crippen MR) is 142 cm³/mol. The van der Waals surface area contributed by atoms with Gasteiger partial charge in [-0.2, -0.15) is 0 Å². The summed E-state index contributed by atoms with van der Waals surface area (Å²) in [5.41, 5.74) is 0.911. The van der Waals surface area contributed by atoms with Gasteiger partial charge in [-0.3, -0.25) is 13.9 Å². The Balaban J connectivity index is 1.49. The molecule has 0 aliphatic carbocycles. The van der Waals surface area contributed by atoms with Crippen LogP contribution in [0, 0.1) is 11.7 Å². The molecule has 0 spiro atoms. The van der Waals surface area contributed by atoms with E-state index in [-0.39, 0.29) is 48.6 Å². The highest BCUT2D eigenvalue weighted by atomic mass is 32.2. The van der Waals surface area contributed by atoms with Crippen molar-refractivity contribution in [3.8, 4) is 0 Å². The van der Waals surface area contributed by atoms with E-state index in [2.05, 4.69) is 5.32 Å². The number of carbonyl (C=O) groups excluding carboxylic acids is 2. The summed E-state index contributed by atoms with van der Waals surface area (Å²) >= 11 is 0. The molecule has 1 atom stereocenters. The van der Waals surface area contributed by atoms with Crippen LogP contribution < -0.4 is 9.62 Å². The number of carbonyl (C=O) groups is 2. The van der Waals surface area contributed by atoms with Crippen molar-refractivity contribution < 1.29 is 22.4 Å². The highest BCUT2D eigenvalue weighted by molar-refractivity contribution is 7.93. The van der Waals surface area contributed by atoms with Crippen LogP contribution in [0.15, 0.2) is 65.6 Å². The first-order valence-corrected chi connectivity index (χ1v) is 13.9. The molecule has 196 valence electrons. The number of benzene rings is 3. The Hall–Kier alpha value is -3.46. The van der Waals surface area contributed by atoms with Crippen molar-refractivity contribution in [1.29, 1.82) is 0 Å². The minimum absolute atomic E-state index is 0.00853. The lowest BCUT2D eigenvalue weighted by molar-refractivity contribution is -0.140. The molecule has 0 fully saturated rings. The lowest BCUT2D eigenvalue weighted by Gasteiger charge is -2.29. The van der Waals surface area contributed by atoms with Crippen molar-refractivity contribution in [3.05, 3.63) is 72.0 Å². The maximum absolute atomic E-state index is 14.4. The van der Waals surface area contributed by atoms with Crippen molar-refractivity contribution in [2.75, 3.05) is 17.4 Å². The first kappa shape index (κ1) is 26.6. The van der Waals surface area contributed by atoms with E-state index in [9.17, 15) is 22.4 Å². The van der Waals surface area contributed by atoms with Gasteiger partial charge in [0, 0.05) is 37.0 Å². The quantitative estimate of drug-likeness (QED) is 0.424. The van der Waals surface area contributed by atoms with Crippen LogP contribution in [-0.2, 0) is 26.2 Å². The van der Waals surface area contributed by atoms with Crippen LogP contribution in [0.1, 0.15) is 39.2 Å². The SMILES string of the molecule is CC(C)CNC(=O)[C@@H](C)N(Cc1ccccc1F)C(=O)CCCN1c2cccc3cccc(c23)S1(=O)=O. The topological polar surface area (TPSA) is 86.8 Å². The summed E-state index contributed by atoms with van der Waals surface area (Å²) in [7, 11) is -3.72. The number of hydrogen-bond acceptors (Lipinski definition) is 4. The molecule has 9 heteroatoms. The van der Waals surface area contributed by atoms with Crippen LogP contribution in [0.2, 0.25) is 0 Å². The summed E-state index contributed by atoms with van der Waals surface area (Å²) in [6.45, 7) is 6.08. The standard InChI is InChI=1S/C28H32FN3O4S/c1-19(2)17-30-28(34)20(3)31(18-22-9-4-5-12-23(22)29)26(33)15-8-16-32-24-13-6-10-21-11-7-14-25(27(21)24)37(32,35)36/h4-7,9-14,19-20H,8,15-18H2,1-3H3,(H,30,34)/t20-/m1/s1. The molecule has 1 heterocycles. The third kappa shape index (κ3) is 5.46. The van der Waals surface area contributed by atoms with Gasteiger partial charge in [0.2, 0.25) is 11.8 Å². The second kappa shape index (κ2) is 10.9. The van der Waals surface area contributed by atoms with Gasteiger partial charge in [0.15, 0.2) is 0 Å². The van der Waals surface area contributed by atoms with Gasteiger partial charge in [0.1, 0.15) is 11.9 Å². The first-order valence-electron chi connectivity index (χ1n) is 12.5. The van der Waals surface area contributed by atoms with Crippen molar-refractivity contribution in [2.24, 2.45) is 5.92 Å². The smallest absolute Gasteiger partial charge is 0.265 e. The maximum Gasteiger partial charge on any atom is 0.265 e. The van der Waals surface area contributed by atoms with Gasteiger partial charge in [-0.25, -0.2) is 12.8 Å². The summed E-state index contributed by atoms with van der Waals surface area (Å²) in [5.74, 6) is -0.877. The fourth-order valence-corrected chi connectivity index (χ4v) is 6.31. The van der Waals surface area contributed by atoms with Gasteiger partial charge in [-0.05, 0) is 42.8 Å². The van der Waals surface area contributed by atoms with E-state index in [1.54, 1.807) is 43.3 Å². The number of nitrogens with zero attached hydrogens (tertiary/aromatic N) is 2. The Kier molecular flexibility index (Phi) is 7.82. The molecular formula is C28H32FN3O4S. The van der Waals surface area contributed by atoms with Crippen LogP contribution in [0.3, 0.4) is 0 Å². The first-order chi connectivity index (χ1) is 17.6. The second-order valence-corrected chi connectivity index (χ2v) is 11.6. The van der Waals surface area contributed by atoms with Crippen LogP contribution in [-0.4, -0.2) is 44.3 Å². The number of rotatable bonds is 10. The zero-order chi connectivity index (χ0) is 26.7. The summed E-state index contributed by atoms with van der Waals surface area (Å²) < 4.78 is 42.2. The van der Waals surface area contributed by atoms with E-state index in [0.717, 1.165) is 5.39 Å². The minimum atomic E-state index is -3.72.